The number of carbonyl (C=O) groups excluding carboxylic acids is 3. The van der Waals surface area contributed by atoms with Crippen molar-refractivity contribution in [2.45, 2.75) is 44.6 Å². The van der Waals surface area contributed by atoms with Gasteiger partial charge in [0.15, 0.2) is 0 Å². The number of para-hydroxylation sites is 1. The van der Waals surface area contributed by atoms with Gasteiger partial charge in [0.05, 0.1) is 19.2 Å². The molecule has 0 radical (unpaired) electrons. The smallest absolute Gasteiger partial charge is 0.332 e. The summed E-state index contributed by atoms with van der Waals surface area (Å²) in [5.41, 5.74) is 2.45. The van der Waals surface area contributed by atoms with Crippen LogP contribution in [-0.2, 0) is 9.59 Å². The summed E-state index contributed by atoms with van der Waals surface area (Å²) >= 11 is 0. The predicted octanol–water partition coefficient (Wildman–Crippen LogP) is 4.75. The molecule has 1 heterocycles. The van der Waals surface area contributed by atoms with Gasteiger partial charge < -0.3 is 15.0 Å². The Morgan fingerprint density at radius 2 is 1.82 bits per heavy atom. The molecule has 7 nitrogen and oxygen atoms in total. The SMILES string of the molecule is COc1ccc(N2C(=O)[C@@H](CC(=O)Nc3ccccc3)N(CCC3=CCCCC3)C2=O)cc1. The molecule has 1 aliphatic heterocycles. The molecule has 4 amide bonds. The molecule has 33 heavy (non-hydrogen) atoms. The summed E-state index contributed by atoms with van der Waals surface area (Å²) in [6.07, 6.45) is 7.29. The van der Waals surface area contributed by atoms with Crippen LogP contribution >= 0.6 is 0 Å². The molecule has 7 heteroatoms. The number of benzene rings is 2. The number of amides is 4. The van der Waals surface area contributed by atoms with E-state index in [0.29, 0.717) is 30.1 Å². The van der Waals surface area contributed by atoms with Gasteiger partial charge in [0.1, 0.15) is 11.8 Å². The number of nitrogens with one attached hydrogen (secondary N) is 1. The molecule has 1 fully saturated rings. The molecule has 0 aromatic heterocycles. The second kappa shape index (κ2) is 10.3. The number of imide groups is 1. The van der Waals surface area contributed by atoms with Gasteiger partial charge >= 0.3 is 6.03 Å². The molecular weight excluding hydrogens is 418 g/mol. The zero-order chi connectivity index (χ0) is 23.2. The summed E-state index contributed by atoms with van der Waals surface area (Å²) in [4.78, 5) is 42.2. The fraction of sp³-hybridized carbons (Fsp3) is 0.346. The van der Waals surface area contributed by atoms with Crippen LogP contribution in [0.15, 0.2) is 66.2 Å². The third kappa shape index (κ3) is 5.25. The number of methoxy groups -OCH3 is 1. The average Bonchev–Trinajstić information content (AvgIpc) is 3.07. The Kier molecular flexibility index (Phi) is 7.07. The molecule has 172 valence electrons. The molecule has 0 unspecified atom stereocenters. The van der Waals surface area contributed by atoms with E-state index in [0.717, 1.165) is 19.3 Å². The molecule has 2 aliphatic rings. The van der Waals surface area contributed by atoms with E-state index in [1.165, 1.54) is 16.9 Å². The molecule has 4 rings (SSSR count). The topological polar surface area (TPSA) is 79.0 Å². The zero-order valence-electron chi connectivity index (χ0n) is 18.8. The number of hydrogen-bond acceptors (Lipinski definition) is 4. The van der Waals surface area contributed by atoms with E-state index in [1.54, 1.807) is 48.4 Å². The summed E-state index contributed by atoms with van der Waals surface area (Å²) in [5, 5.41) is 2.82. The lowest BCUT2D eigenvalue weighted by molar-refractivity contribution is -0.124. The first-order valence-corrected chi connectivity index (χ1v) is 11.4. The van der Waals surface area contributed by atoms with Gasteiger partial charge in [-0.2, -0.15) is 0 Å². The number of carbonyl (C=O) groups is 3. The largest absolute Gasteiger partial charge is 0.497 e. The minimum Gasteiger partial charge on any atom is -0.497 e. The number of anilines is 2. The van der Waals surface area contributed by atoms with Gasteiger partial charge in [0.2, 0.25) is 5.91 Å². The second-order valence-corrected chi connectivity index (χ2v) is 8.34. The maximum absolute atomic E-state index is 13.4. The minimum absolute atomic E-state index is 0.0921. The van der Waals surface area contributed by atoms with E-state index >= 15 is 0 Å². The number of hydrogen-bond donors (Lipinski definition) is 1. The summed E-state index contributed by atoms with van der Waals surface area (Å²) < 4.78 is 5.18. The van der Waals surface area contributed by atoms with E-state index < -0.39 is 6.04 Å². The maximum atomic E-state index is 13.4. The van der Waals surface area contributed by atoms with Gasteiger partial charge in [0.25, 0.3) is 5.91 Å². The van der Waals surface area contributed by atoms with Crippen LogP contribution in [0.4, 0.5) is 16.2 Å². The van der Waals surface area contributed by atoms with Crippen LogP contribution in [0.25, 0.3) is 0 Å². The fourth-order valence-electron chi connectivity index (χ4n) is 4.36. The van der Waals surface area contributed by atoms with Crippen molar-refractivity contribution in [1.29, 1.82) is 0 Å². The van der Waals surface area contributed by atoms with Crippen molar-refractivity contribution in [1.82, 2.24) is 4.90 Å². The summed E-state index contributed by atoms with van der Waals surface area (Å²) in [6.45, 7) is 0.409. The molecule has 1 saturated heterocycles. The standard InChI is InChI=1S/C26H29N3O4/c1-33-22-14-12-21(13-15-22)29-25(31)23(18-24(30)27-20-10-6-3-7-11-20)28(26(29)32)17-16-19-8-4-2-5-9-19/h3,6-8,10-15,23H,2,4-5,9,16-18H2,1H3,(H,27,30)/t23-/m1/s1. The monoisotopic (exact) mass is 447 g/mol. The van der Waals surface area contributed by atoms with E-state index in [2.05, 4.69) is 11.4 Å². The number of urea groups is 1. The Morgan fingerprint density at radius 1 is 1.06 bits per heavy atom. The first-order valence-electron chi connectivity index (χ1n) is 11.4. The third-order valence-corrected chi connectivity index (χ3v) is 6.14. The average molecular weight is 448 g/mol. The van der Waals surface area contributed by atoms with E-state index in [4.69, 9.17) is 4.74 Å². The zero-order valence-corrected chi connectivity index (χ0v) is 18.8. The Bertz CT molecular complexity index is 1030. The van der Waals surface area contributed by atoms with Crippen molar-refractivity contribution in [2.24, 2.45) is 0 Å². The molecule has 2 aromatic rings. The lowest BCUT2D eigenvalue weighted by Gasteiger charge is -2.23. The maximum Gasteiger partial charge on any atom is 0.332 e. The molecule has 1 aliphatic carbocycles. The highest BCUT2D eigenvalue weighted by Gasteiger charge is 2.46. The molecule has 1 N–H and O–H groups in total. The highest BCUT2D eigenvalue weighted by molar-refractivity contribution is 6.22. The van der Waals surface area contributed by atoms with Crippen LogP contribution in [0.3, 0.4) is 0 Å². The van der Waals surface area contributed by atoms with Crippen LogP contribution in [0.5, 0.6) is 5.75 Å². The van der Waals surface area contributed by atoms with Crippen LogP contribution in [0.2, 0.25) is 0 Å². The second-order valence-electron chi connectivity index (χ2n) is 8.34. The molecule has 0 saturated carbocycles. The van der Waals surface area contributed by atoms with Crippen molar-refractivity contribution in [3.8, 4) is 5.75 Å². The van der Waals surface area contributed by atoms with Gasteiger partial charge in [0, 0.05) is 12.2 Å². The minimum atomic E-state index is -0.840. The Balaban J connectivity index is 1.54. The van der Waals surface area contributed by atoms with Crippen molar-refractivity contribution in [3.05, 3.63) is 66.2 Å². The molecular formula is C26H29N3O4. The van der Waals surface area contributed by atoms with Crippen molar-refractivity contribution in [2.75, 3.05) is 23.9 Å². The first-order chi connectivity index (χ1) is 16.1. The van der Waals surface area contributed by atoms with Crippen LogP contribution < -0.4 is 15.0 Å². The van der Waals surface area contributed by atoms with Crippen molar-refractivity contribution >= 4 is 29.2 Å². The third-order valence-electron chi connectivity index (χ3n) is 6.14. The molecule has 1 atom stereocenters. The van der Waals surface area contributed by atoms with Crippen LogP contribution in [0, 0.1) is 0 Å². The van der Waals surface area contributed by atoms with Gasteiger partial charge in [-0.3, -0.25) is 9.59 Å². The lowest BCUT2D eigenvalue weighted by atomic mass is 9.97. The summed E-state index contributed by atoms with van der Waals surface area (Å²) in [5.74, 6) is -0.0467. The number of rotatable bonds is 8. The molecule has 0 bridgehead atoms. The lowest BCUT2D eigenvalue weighted by Crippen LogP contribution is -2.38. The Morgan fingerprint density at radius 3 is 2.48 bits per heavy atom. The normalized spacial score (nSPS) is 18.3. The van der Waals surface area contributed by atoms with Crippen LogP contribution in [-0.4, -0.2) is 42.4 Å². The highest BCUT2D eigenvalue weighted by Crippen LogP contribution is 2.30. The van der Waals surface area contributed by atoms with Crippen molar-refractivity contribution in [3.63, 3.8) is 0 Å². The number of nitrogens with zero attached hydrogens (tertiary/aromatic N) is 2. The van der Waals surface area contributed by atoms with Crippen LogP contribution in [0.1, 0.15) is 38.5 Å². The summed E-state index contributed by atoms with van der Waals surface area (Å²) in [6, 6.07) is 14.7. The quantitative estimate of drug-likeness (QED) is 0.468. The Labute approximate surface area is 194 Å². The number of allylic oxidation sites excluding steroid dienone is 1. The first kappa shape index (κ1) is 22.6. The predicted molar refractivity (Wildman–Crippen MR) is 127 cm³/mol. The van der Waals surface area contributed by atoms with E-state index in [1.807, 2.05) is 18.2 Å². The molecule has 2 aromatic carbocycles. The number of ether oxygens (including phenoxy) is 1. The van der Waals surface area contributed by atoms with E-state index in [9.17, 15) is 14.4 Å². The molecule has 0 spiro atoms. The van der Waals surface area contributed by atoms with Crippen molar-refractivity contribution < 1.29 is 19.1 Å². The van der Waals surface area contributed by atoms with Gasteiger partial charge in [-0.05, 0) is 68.5 Å². The summed E-state index contributed by atoms with van der Waals surface area (Å²) in [7, 11) is 1.56. The fourth-order valence-corrected chi connectivity index (χ4v) is 4.36. The Hall–Kier alpha value is -3.61. The van der Waals surface area contributed by atoms with Gasteiger partial charge in [-0.1, -0.05) is 29.8 Å². The van der Waals surface area contributed by atoms with Gasteiger partial charge in [-0.15, -0.1) is 0 Å². The highest BCUT2D eigenvalue weighted by atomic mass is 16.5. The van der Waals surface area contributed by atoms with Gasteiger partial charge in [-0.25, -0.2) is 9.69 Å². The van der Waals surface area contributed by atoms with E-state index in [-0.39, 0.29) is 24.3 Å².